The molecule has 6 nitrogen and oxygen atoms in total. The van der Waals surface area contributed by atoms with Gasteiger partial charge in [-0.25, -0.2) is 9.97 Å². The third-order valence-electron chi connectivity index (χ3n) is 3.32. The molecular formula is C11H10F3N3O3. The topological polar surface area (TPSA) is 83.4 Å². The summed E-state index contributed by atoms with van der Waals surface area (Å²) < 4.78 is 38.9. The van der Waals surface area contributed by atoms with Gasteiger partial charge in [-0.05, 0) is 6.42 Å². The molecule has 20 heavy (non-hydrogen) atoms. The first-order chi connectivity index (χ1) is 9.28. The van der Waals surface area contributed by atoms with E-state index in [1.165, 1.54) is 18.7 Å². The molecule has 1 fully saturated rings. The van der Waals surface area contributed by atoms with Crippen molar-refractivity contribution in [2.45, 2.75) is 12.6 Å². The second kappa shape index (κ2) is 4.73. The van der Waals surface area contributed by atoms with E-state index in [4.69, 9.17) is 5.11 Å². The van der Waals surface area contributed by atoms with Crippen LogP contribution in [-0.2, 0) is 4.79 Å². The molecule has 1 aliphatic rings. The molecule has 0 aromatic carbocycles. The maximum absolute atomic E-state index is 13.0. The normalized spacial score (nSPS) is 22.9. The van der Waals surface area contributed by atoms with Crippen molar-refractivity contribution >= 4 is 11.9 Å². The van der Waals surface area contributed by atoms with Gasteiger partial charge in [0.05, 0.1) is 5.56 Å². The number of nitrogens with zero attached hydrogens (tertiary/aromatic N) is 3. The SMILES string of the molecule is O=C(c1cncnc1)N1CCC(C(=O)O)(C(F)(F)F)C1. The van der Waals surface area contributed by atoms with Gasteiger partial charge >= 0.3 is 12.1 Å². The molecule has 1 saturated heterocycles. The van der Waals surface area contributed by atoms with Crippen LogP contribution in [0, 0.1) is 5.41 Å². The minimum absolute atomic E-state index is 0.0239. The number of hydrogen-bond donors (Lipinski definition) is 1. The molecule has 1 aromatic heterocycles. The summed E-state index contributed by atoms with van der Waals surface area (Å²) in [5, 5.41) is 8.89. The van der Waals surface area contributed by atoms with Crippen molar-refractivity contribution in [2.24, 2.45) is 5.41 Å². The summed E-state index contributed by atoms with van der Waals surface area (Å²) in [6.45, 7) is -1.18. The quantitative estimate of drug-likeness (QED) is 0.876. The fraction of sp³-hybridized carbons (Fsp3) is 0.455. The predicted molar refractivity (Wildman–Crippen MR) is 58.7 cm³/mol. The molecule has 2 rings (SSSR count). The molecule has 0 spiro atoms. The maximum atomic E-state index is 13.0. The molecule has 1 N–H and O–H groups in total. The molecule has 2 heterocycles. The lowest BCUT2D eigenvalue weighted by Gasteiger charge is -2.27. The van der Waals surface area contributed by atoms with E-state index in [-0.39, 0.29) is 12.1 Å². The molecule has 1 aliphatic heterocycles. The van der Waals surface area contributed by atoms with Crippen LogP contribution in [0.15, 0.2) is 18.7 Å². The highest BCUT2D eigenvalue weighted by Crippen LogP contribution is 2.45. The van der Waals surface area contributed by atoms with Gasteiger partial charge < -0.3 is 10.0 Å². The van der Waals surface area contributed by atoms with Gasteiger partial charge in [0, 0.05) is 25.5 Å². The lowest BCUT2D eigenvalue weighted by atomic mass is 9.86. The van der Waals surface area contributed by atoms with E-state index in [0.717, 1.165) is 4.90 Å². The number of likely N-dealkylation sites (tertiary alicyclic amines) is 1. The van der Waals surface area contributed by atoms with Crippen molar-refractivity contribution in [1.82, 2.24) is 14.9 Å². The zero-order valence-electron chi connectivity index (χ0n) is 10.1. The van der Waals surface area contributed by atoms with Crippen LogP contribution in [0.2, 0.25) is 0 Å². The number of carbonyl (C=O) groups excluding carboxylic acids is 1. The number of rotatable bonds is 2. The monoisotopic (exact) mass is 289 g/mol. The van der Waals surface area contributed by atoms with Gasteiger partial charge in [-0.1, -0.05) is 0 Å². The van der Waals surface area contributed by atoms with E-state index in [1.807, 2.05) is 0 Å². The minimum Gasteiger partial charge on any atom is -0.481 e. The summed E-state index contributed by atoms with van der Waals surface area (Å²) in [6, 6.07) is 0. The van der Waals surface area contributed by atoms with Gasteiger partial charge in [0.1, 0.15) is 6.33 Å². The van der Waals surface area contributed by atoms with Gasteiger partial charge in [0.2, 0.25) is 0 Å². The number of alkyl halides is 3. The fourth-order valence-corrected chi connectivity index (χ4v) is 2.10. The third kappa shape index (κ3) is 2.19. The molecule has 0 aliphatic carbocycles. The van der Waals surface area contributed by atoms with Crippen LogP contribution in [0.3, 0.4) is 0 Å². The lowest BCUT2D eigenvalue weighted by Crippen LogP contribution is -2.47. The molecule has 108 valence electrons. The first kappa shape index (κ1) is 14.2. The van der Waals surface area contributed by atoms with Crippen molar-refractivity contribution in [1.29, 1.82) is 0 Å². The molecular weight excluding hydrogens is 279 g/mol. The van der Waals surface area contributed by atoms with E-state index in [0.29, 0.717) is 0 Å². The summed E-state index contributed by atoms with van der Waals surface area (Å²) in [6.07, 6.45) is -2.06. The number of halogens is 3. The molecule has 0 bridgehead atoms. The summed E-state index contributed by atoms with van der Waals surface area (Å²) >= 11 is 0. The van der Waals surface area contributed by atoms with Crippen molar-refractivity contribution in [3.8, 4) is 0 Å². The van der Waals surface area contributed by atoms with Crippen LogP contribution in [0.5, 0.6) is 0 Å². The Morgan fingerprint density at radius 3 is 2.35 bits per heavy atom. The Labute approximate surface area is 111 Å². The number of carboxylic acids is 1. The number of amides is 1. The summed E-state index contributed by atoms with van der Waals surface area (Å²) in [4.78, 5) is 31.0. The Hall–Kier alpha value is -2.19. The predicted octanol–water partition coefficient (Wildman–Crippen LogP) is 0.956. The number of aliphatic carboxylic acids is 1. The first-order valence-corrected chi connectivity index (χ1v) is 5.62. The molecule has 9 heteroatoms. The van der Waals surface area contributed by atoms with Gasteiger partial charge in [0.15, 0.2) is 5.41 Å². The second-order valence-corrected chi connectivity index (χ2v) is 4.49. The fourth-order valence-electron chi connectivity index (χ4n) is 2.10. The molecule has 1 atom stereocenters. The van der Waals surface area contributed by atoms with Crippen LogP contribution in [0.1, 0.15) is 16.8 Å². The van der Waals surface area contributed by atoms with Crippen LogP contribution in [0.4, 0.5) is 13.2 Å². The Morgan fingerprint density at radius 2 is 1.90 bits per heavy atom. The Balaban J connectivity index is 2.24. The van der Waals surface area contributed by atoms with Gasteiger partial charge in [0.25, 0.3) is 5.91 Å². The summed E-state index contributed by atoms with van der Waals surface area (Å²) in [5.41, 5.74) is -2.88. The Kier molecular flexibility index (Phi) is 3.36. The van der Waals surface area contributed by atoms with Crippen LogP contribution in [-0.4, -0.2) is 51.1 Å². The molecule has 0 radical (unpaired) electrons. The lowest BCUT2D eigenvalue weighted by molar-refractivity contribution is -0.227. The molecule has 0 saturated carbocycles. The average Bonchev–Trinajstić information content (AvgIpc) is 2.85. The van der Waals surface area contributed by atoms with Gasteiger partial charge in [-0.3, -0.25) is 9.59 Å². The van der Waals surface area contributed by atoms with E-state index in [9.17, 15) is 22.8 Å². The van der Waals surface area contributed by atoms with E-state index < -0.39 is 36.4 Å². The second-order valence-electron chi connectivity index (χ2n) is 4.49. The number of hydrogen-bond acceptors (Lipinski definition) is 4. The molecule has 1 aromatic rings. The summed E-state index contributed by atoms with van der Waals surface area (Å²) in [7, 11) is 0. The van der Waals surface area contributed by atoms with Crippen molar-refractivity contribution in [2.75, 3.05) is 13.1 Å². The highest BCUT2D eigenvalue weighted by Gasteiger charge is 2.64. The van der Waals surface area contributed by atoms with Gasteiger partial charge in [-0.15, -0.1) is 0 Å². The van der Waals surface area contributed by atoms with E-state index in [2.05, 4.69) is 9.97 Å². The Morgan fingerprint density at radius 1 is 1.30 bits per heavy atom. The smallest absolute Gasteiger partial charge is 0.406 e. The largest absolute Gasteiger partial charge is 0.481 e. The summed E-state index contributed by atoms with van der Waals surface area (Å²) in [5.74, 6) is -2.68. The third-order valence-corrected chi connectivity index (χ3v) is 3.32. The zero-order valence-corrected chi connectivity index (χ0v) is 10.1. The number of aromatic nitrogens is 2. The van der Waals surface area contributed by atoms with Gasteiger partial charge in [-0.2, -0.15) is 13.2 Å². The van der Waals surface area contributed by atoms with Crippen molar-refractivity contribution < 1.29 is 27.9 Å². The van der Waals surface area contributed by atoms with Crippen LogP contribution < -0.4 is 0 Å². The number of carboxylic acid groups (broad SMARTS) is 1. The van der Waals surface area contributed by atoms with Crippen molar-refractivity contribution in [3.63, 3.8) is 0 Å². The van der Waals surface area contributed by atoms with Crippen LogP contribution in [0.25, 0.3) is 0 Å². The number of carbonyl (C=O) groups is 2. The molecule has 1 amide bonds. The average molecular weight is 289 g/mol. The minimum atomic E-state index is -4.92. The van der Waals surface area contributed by atoms with E-state index in [1.54, 1.807) is 0 Å². The molecule has 1 unspecified atom stereocenters. The highest BCUT2D eigenvalue weighted by atomic mass is 19.4. The Bertz CT molecular complexity index is 535. The van der Waals surface area contributed by atoms with E-state index >= 15 is 0 Å². The zero-order chi connectivity index (χ0) is 15.0. The standard InChI is InChI=1S/C11H10F3N3O3/c12-11(13,14)10(9(19)20)1-2-17(5-10)8(18)7-3-15-6-16-4-7/h3-4,6H,1-2,5H2,(H,19,20). The van der Waals surface area contributed by atoms with Crippen molar-refractivity contribution in [3.05, 3.63) is 24.3 Å². The highest BCUT2D eigenvalue weighted by molar-refractivity contribution is 5.94. The maximum Gasteiger partial charge on any atom is 0.406 e. The first-order valence-electron chi connectivity index (χ1n) is 5.62. The van der Waals surface area contributed by atoms with Crippen LogP contribution >= 0.6 is 0 Å².